The molecule has 1 unspecified atom stereocenters. The van der Waals surface area contributed by atoms with Crippen LogP contribution in [0.5, 0.6) is 0 Å². The Balaban J connectivity index is 2.03. The summed E-state index contributed by atoms with van der Waals surface area (Å²) in [4.78, 5) is 4.39. The van der Waals surface area contributed by atoms with Crippen LogP contribution >= 0.6 is 11.3 Å². The minimum atomic E-state index is -0.429. The average Bonchev–Trinajstić information content (AvgIpc) is 2.88. The number of rotatable bonds is 4. The van der Waals surface area contributed by atoms with E-state index < -0.39 is 6.10 Å². The van der Waals surface area contributed by atoms with Crippen molar-refractivity contribution < 1.29 is 9.84 Å². The number of ether oxygens (including phenoxy) is 1. The molecule has 0 radical (unpaired) electrons. The van der Waals surface area contributed by atoms with Crippen molar-refractivity contribution in [2.45, 2.75) is 50.7 Å². The van der Waals surface area contributed by atoms with Crippen LogP contribution < -0.4 is 0 Å². The molecule has 16 heavy (non-hydrogen) atoms. The third kappa shape index (κ3) is 2.29. The molecular formula is C12H19NO2S. The number of hydrogen-bond donors (Lipinski definition) is 1. The fourth-order valence-electron chi connectivity index (χ4n) is 2.53. The molecule has 1 saturated carbocycles. The fourth-order valence-corrected chi connectivity index (χ4v) is 3.16. The molecule has 0 aromatic carbocycles. The highest BCUT2D eigenvalue weighted by molar-refractivity contribution is 7.09. The summed E-state index contributed by atoms with van der Waals surface area (Å²) in [5.74, 6) is 0. The highest BCUT2D eigenvalue weighted by Crippen LogP contribution is 2.36. The molecule has 1 atom stereocenters. The summed E-state index contributed by atoms with van der Waals surface area (Å²) >= 11 is 1.63. The monoisotopic (exact) mass is 241 g/mol. The molecule has 0 amide bonds. The van der Waals surface area contributed by atoms with Crippen molar-refractivity contribution in [2.75, 3.05) is 7.11 Å². The van der Waals surface area contributed by atoms with Crippen LogP contribution in [0.15, 0.2) is 5.38 Å². The lowest BCUT2D eigenvalue weighted by molar-refractivity contribution is -0.0973. The second-order valence-corrected chi connectivity index (χ2v) is 5.62. The number of methoxy groups -OCH3 is 1. The van der Waals surface area contributed by atoms with Crippen LogP contribution in [0.25, 0.3) is 0 Å². The van der Waals surface area contributed by atoms with E-state index in [0.717, 1.165) is 36.4 Å². The van der Waals surface area contributed by atoms with Gasteiger partial charge in [0.05, 0.1) is 22.4 Å². The predicted molar refractivity (Wildman–Crippen MR) is 64.8 cm³/mol. The zero-order chi connectivity index (χ0) is 11.6. The second-order valence-electron chi connectivity index (χ2n) is 4.55. The lowest BCUT2D eigenvalue weighted by Crippen LogP contribution is -2.42. The summed E-state index contributed by atoms with van der Waals surface area (Å²) in [5, 5.41) is 13.4. The summed E-state index contributed by atoms with van der Waals surface area (Å²) in [7, 11) is 1.71. The Hall–Kier alpha value is -0.450. The minimum absolute atomic E-state index is 0.322. The Morgan fingerprint density at radius 3 is 2.75 bits per heavy atom. The molecular weight excluding hydrogens is 222 g/mol. The largest absolute Gasteiger partial charge is 0.390 e. The molecule has 1 heterocycles. The molecule has 1 aromatic heterocycles. The molecule has 4 heteroatoms. The first kappa shape index (κ1) is 12.0. The third-order valence-electron chi connectivity index (χ3n) is 3.53. The lowest BCUT2D eigenvalue weighted by Gasteiger charge is -2.32. The number of aromatic nitrogens is 1. The summed E-state index contributed by atoms with van der Waals surface area (Å²) in [6.45, 7) is 1.99. The summed E-state index contributed by atoms with van der Waals surface area (Å²) in [5.41, 5.74) is 0.663. The molecule has 2 rings (SSSR count). The van der Waals surface area contributed by atoms with Crippen molar-refractivity contribution in [1.82, 2.24) is 4.98 Å². The first-order valence-electron chi connectivity index (χ1n) is 5.80. The van der Waals surface area contributed by atoms with Crippen LogP contribution in [0.2, 0.25) is 0 Å². The van der Waals surface area contributed by atoms with Gasteiger partial charge in [-0.3, -0.25) is 0 Å². The van der Waals surface area contributed by atoms with Gasteiger partial charge in [0.25, 0.3) is 0 Å². The molecule has 1 aliphatic rings. The Bertz CT molecular complexity index is 345. The molecule has 1 aliphatic carbocycles. The van der Waals surface area contributed by atoms with E-state index in [1.165, 1.54) is 0 Å². The van der Waals surface area contributed by atoms with Crippen LogP contribution in [-0.4, -0.2) is 28.9 Å². The van der Waals surface area contributed by atoms with Gasteiger partial charge < -0.3 is 9.84 Å². The predicted octanol–water partition coefficient (Wildman–Crippen LogP) is 2.31. The molecule has 0 aliphatic heterocycles. The smallest absolute Gasteiger partial charge is 0.0940 e. The summed E-state index contributed by atoms with van der Waals surface area (Å²) in [6.07, 6.45) is 4.42. The SMILES string of the molecule is COC1(C(O)Cc2csc(C)n2)CCCC1. The molecule has 1 aromatic rings. The zero-order valence-electron chi connectivity index (χ0n) is 9.90. The van der Waals surface area contributed by atoms with Crippen molar-refractivity contribution in [3.05, 3.63) is 16.1 Å². The maximum absolute atomic E-state index is 10.3. The number of aliphatic hydroxyl groups is 1. The standard InChI is InChI=1S/C12H19NO2S/c1-9-13-10(8-16-9)7-11(14)12(15-2)5-3-4-6-12/h8,11,14H,3-7H2,1-2H3. The molecule has 3 nitrogen and oxygen atoms in total. The number of hydrogen-bond acceptors (Lipinski definition) is 4. The molecule has 1 fully saturated rings. The molecule has 90 valence electrons. The van der Waals surface area contributed by atoms with Crippen molar-refractivity contribution in [3.8, 4) is 0 Å². The van der Waals surface area contributed by atoms with Crippen molar-refractivity contribution in [1.29, 1.82) is 0 Å². The Labute approximate surface area is 100 Å². The van der Waals surface area contributed by atoms with Crippen molar-refractivity contribution in [3.63, 3.8) is 0 Å². The maximum Gasteiger partial charge on any atom is 0.0940 e. The van der Waals surface area contributed by atoms with Gasteiger partial charge in [-0.25, -0.2) is 4.98 Å². The quantitative estimate of drug-likeness (QED) is 0.879. The minimum Gasteiger partial charge on any atom is -0.390 e. The van der Waals surface area contributed by atoms with Crippen LogP contribution in [-0.2, 0) is 11.2 Å². The first-order valence-corrected chi connectivity index (χ1v) is 6.68. The van der Waals surface area contributed by atoms with Crippen LogP contribution in [0.1, 0.15) is 36.4 Å². The van der Waals surface area contributed by atoms with E-state index in [0.29, 0.717) is 6.42 Å². The van der Waals surface area contributed by atoms with Gasteiger partial charge in [0.15, 0.2) is 0 Å². The van der Waals surface area contributed by atoms with Gasteiger partial charge in [0.2, 0.25) is 0 Å². The average molecular weight is 241 g/mol. The van der Waals surface area contributed by atoms with E-state index in [1.54, 1.807) is 18.4 Å². The Morgan fingerprint density at radius 2 is 2.25 bits per heavy atom. The van der Waals surface area contributed by atoms with Crippen LogP contribution in [0.4, 0.5) is 0 Å². The van der Waals surface area contributed by atoms with Crippen LogP contribution in [0, 0.1) is 6.92 Å². The summed E-state index contributed by atoms with van der Waals surface area (Å²) in [6, 6.07) is 0. The Kier molecular flexibility index (Phi) is 3.62. The molecule has 0 bridgehead atoms. The van der Waals surface area contributed by atoms with Crippen LogP contribution in [0.3, 0.4) is 0 Å². The van der Waals surface area contributed by atoms with E-state index in [-0.39, 0.29) is 5.60 Å². The van der Waals surface area contributed by atoms with Gasteiger partial charge >= 0.3 is 0 Å². The first-order chi connectivity index (χ1) is 7.66. The number of aliphatic hydroxyl groups excluding tert-OH is 1. The van der Waals surface area contributed by atoms with Gasteiger partial charge in [-0.05, 0) is 19.8 Å². The van der Waals surface area contributed by atoms with Gasteiger partial charge in [-0.15, -0.1) is 11.3 Å². The van der Waals surface area contributed by atoms with Crippen molar-refractivity contribution >= 4 is 11.3 Å². The molecule has 0 saturated heterocycles. The summed E-state index contributed by atoms with van der Waals surface area (Å²) < 4.78 is 5.57. The Morgan fingerprint density at radius 1 is 1.56 bits per heavy atom. The van der Waals surface area contributed by atoms with E-state index in [1.807, 2.05) is 12.3 Å². The maximum atomic E-state index is 10.3. The van der Waals surface area contributed by atoms with Gasteiger partial charge in [0.1, 0.15) is 0 Å². The van der Waals surface area contributed by atoms with Crippen molar-refractivity contribution in [2.24, 2.45) is 0 Å². The fraction of sp³-hybridized carbons (Fsp3) is 0.750. The molecule has 0 spiro atoms. The van der Waals surface area contributed by atoms with Gasteiger partial charge in [-0.2, -0.15) is 0 Å². The van der Waals surface area contributed by atoms with E-state index in [4.69, 9.17) is 4.74 Å². The molecule has 1 N–H and O–H groups in total. The topological polar surface area (TPSA) is 42.4 Å². The normalized spacial score (nSPS) is 21.2. The zero-order valence-corrected chi connectivity index (χ0v) is 10.7. The van der Waals surface area contributed by atoms with E-state index >= 15 is 0 Å². The van der Waals surface area contributed by atoms with Gasteiger partial charge in [-0.1, -0.05) is 12.8 Å². The highest BCUT2D eigenvalue weighted by Gasteiger charge is 2.40. The second kappa shape index (κ2) is 4.82. The van der Waals surface area contributed by atoms with Gasteiger partial charge in [0, 0.05) is 18.9 Å². The number of aryl methyl sites for hydroxylation is 1. The third-order valence-corrected chi connectivity index (χ3v) is 4.36. The number of nitrogens with zero attached hydrogens (tertiary/aromatic N) is 1. The lowest BCUT2D eigenvalue weighted by atomic mass is 9.91. The van der Waals surface area contributed by atoms with E-state index in [2.05, 4.69) is 4.98 Å². The highest BCUT2D eigenvalue weighted by atomic mass is 32.1. The van der Waals surface area contributed by atoms with E-state index in [9.17, 15) is 5.11 Å². The number of thiazole rings is 1.